The van der Waals surface area contributed by atoms with Crippen molar-refractivity contribution in [3.05, 3.63) is 53.6 Å². The molecule has 2 aliphatic heterocycles. The summed E-state index contributed by atoms with van der Waals surface area (Å²) in [6.45, 7) is 6.01. The number of amides is 2. The molecule has 7 nitrogen and oxygen atoms in total. The summed E-state index contributed by atoms with van der Waals surface area (Å²) in [5.41, 5.74) is 3.34. The molecule has 0 aromatic heterocycles. The van der Waals surface area contributed by atoms with E-state index in [-0.39, 0.29) is 18.6 Å². The zero-order chi connectivity index (χ0) is 22.0. The Balaban J connectivity index is 1.41. The lowest BCUT2D eigenvalue weighted by molar-refractivity contribution is -0.136. The van der Waals surface area contributed by atoms with Crippen LogP contribution in [0.3, 0.4) is 0 Å². The van der Waals surface area contributed by atoms with E-state index in [1.54, 1.807) is 18.9 Å². The molecule has 0 bridgehead atoms. The molecule has 0 spiro atoms. The van der Waals surface area contributed by atoms with E-state index in [0.29, 0.717) is 13.1 Å². The lowest BCUT2D eigenvalue weighted by atomic mass is 9.85. The highest BCUT2D eigenvalue weighted by molar-refractivity contribution is 5.99. The van der Waals surface area contributed by atoms with Crippen molar-refractivity contribution < 1.29 is 19.1 Å². The van der Waals surface area contributed by atoms with Crippen molar-refractivity contribution in [2.24, 2.45) is 0 Å². The molecule has 0 radical (unpaired) electrons. The second-order valence-corrected chi connectivity index (χ2v) is 8.36. The first-order chi connectivity index (χ1) is 14.9. The van der Waals surface area contributed by atoms with E-state index in [1.165, 1.54) is 0 Å². The van der Waals surface area contributed by atoms with E-state index < -0.39 is 5.54 Å². The molecular weight excluding hydrogens is 394 g/mol. The van der Waals surface area contributed by atoms with Gasteiger partial charge in [-0.25, -0.2) is 0 Å². The van der Waals surface area contributed by atoms with Crippen LogP contribution in [-0.2, 0) is 27.3 Å². The summed E-state index contributed by atoms with van der Waals surface area (Å²) in [6.07, 6.45) is 1.62. The molecule has 1 atom stereocenters. The molecule has 164 valence electrons. The van der Waals surface area contributed by atoms with Crippen LogP contribution in [0.15, 0.2) is 42.5 Å². The third-order valence-electron chi connectivity index (χ3n) is 6.28. The Bertz CT molecular complexity index is 993. The second-order valence-electron chi connectivity index (χ2n) is 8.36. The number of nitrogens with zero attached hydrogens (tertiary/aromatic N) is 2. The van der Waals surface area contributed by atoms with E-state index in [0.717, 1.165) is 47.6 Å². The highest BCUT2D eigenvalue weighted by Gasteiger charge is 2.46. The smallest absolute Gasteiger partial charge is 0.244 e. The van der Waals surface area contributed by atoms with Gasteiger partial charge in [0.1, 0.15) is 5.75 Å². The predicted octanol–water partition coefficient (Wildman–Crippen LogP) is 3.18. The summed E-state index contributed by atoms with van der Waals surface area (Å²) in [5.74, 6) is 0.792. The third kappa shape index (κ3) is 4.29. The number of nitrogens with one attached hydrogen (secondary N) is 1. The average molecular weight is 424 g/mol. The van der Waals surface area contributed by atoms with Gasteiger partial charge in [-0.15, -0.1) is 0 Å². The fourth-order valence-electron chi connectivity index (χ4n) is 4.27. The van der Waals surface area contributed by atoms with E-state index in [9.17, 15) is 9.59 Å². The molecule has 2 amide bonds. The largest absolute Gasteiger partial charge is 0.468 e. The zero-order valence-corrected chi connectivity index (χ0v) is 18.3. The number of methoxy groups -OCH3 is 1. The summed E-state index contributed by atoms with van der Waals surface area (Å²) >= 11 is 0. The lowest BCUT2D eigenvalue weighted by Gasteiger charge is -2.49. The van der Waals surface area contributed by atoms with Crippen LogP contribution in [0.5, 0.6) is 5.75 Å². The van der Waals surface area contributed by atoms with Crippen LogP contribution in [0, 0.1) is 0 Å². The first-order valence-electron chi connectivity index (χ1n) is 10.6. The monoisotopic (exact) mass is 423 g/mol. The fourth-order valence-corrected chi connectivity index (χ4v) is 4.27. The van der Waals surface area contributed by atoms with Gasteiger partial charge in [0.2, 0.25) is 11.8 Å². The predicted molar refractivity (Wildman–Crippen MR) is 119 cm³/mol. The summed E-state index contributed by atoms with van der Waals surface area (Å²) in [7, 11) is 1.59. The van der Waals surface area contributed by atoms with E-state index in [4.69, 9.17) is 9.47 Å². The van der Waals surface area contributed by atoms with Crippen LogP contribution in [0.1, 0.15) is 31.4 Å². The van der Waals surface area contributed by atoms with Gasteiger partial charge >= 0.3 is 0 Å². The molecule has 2 heterocycles. The molecule has 0 aliphatic carbocycles. The van der Waals surface area contributed by atoms with Crippen LogP contribution in [0.4, 0.5) is 11.4 Å². The molecule has 1 N–H and O–H groups in total. The molecule has 0 saturated carbocycles. The molecular formula is C24H29N3O4. The van der Waals surface area contributed by atoms with Gasteiger partial charge in [-0.2, -0.15) is 0 Å². The van der Waals surface area contributed by atoms with Crippen molar-refractivity contribution in [1.29, 1.82) is 0 Å². The van der Waals surface area contributed by atoms with Crippen LogP contribution in [0.2, 0.25) is 0 Å². The number of benzene rings is 2. The van der Waals surface area contributed by atoms with E-state index in [1.807, 2.05) is 49.4 Å². The number of fused-ring (bicyclic) bond motifs is 1. The SMILES string of the molecule is COCOc1cccc(CN2CCC2(C)C(=O)Nc2ccc3c(c2)CCN3C(C)=O)c1. The van der Waals surface area contributed by atoms with Crippen LogP contribution in [0.25, 0.3) is 0 Å². The summed E-state index contributed by atoms with van der Waals surface area (Å²) < 4.78 is 10.5. The van der Waals surface area contributed by atoms with Crippen LogP contribution < -0.4 is 15.0 Å². The minimum absolute atomic E-state index is 0.00749. The first-order valence-corrected chi connectivity index (χ1v) is 10.6. The number of anilines is 2. The van der Waals surface area contributed by atoms with Gasteiger partial charge in [-0.05, 0) is 61.2 Å². The minimum Gasteiger partial charge on any atom is -0.468 e. The molecule has 2 aromatic rings. The Morgan fingerprint density at radius 1 is 1.16 bits per heavy atom. The van der Waals surface area contributed by atoms with Gasteiger partial charge in [-0.3, -0.25) is 14.5 Å². The molecule has 7 heteroatoms. The van der Waals surface area contributed by atoms with Gasteiger partial charge in [0.05, 0.1) is 5.54 Å². The number of hydrogen-bond donors (Lipinski definition) is 1. The number of hydrogen-bond acceptors (Lipinski definition) is 5. The van der Waals surface area contributed by atoms with Gasteiger partial charge in [0.25, 0.3) is 0 Å². The highest BCUT2D eigenvalue weighted by atomic mass is 16.7. The van der Waals surface area contributed by atoms with Gasteiger partial charge < -0.3 is 19.7 Å². The van der Waals surface area contributed by atoms with Crippen molar-refractivity contribution in [3.63, 3.8) is 0 Å². The number of ether oxygens (including phenoxy) is 2. The Kier molecular flexibility index (Phi) is 5.98. The molecule has 2 aliphatic rings. The average Bonchev–Trinajstić information content (AvgIpc) is 3.18. The minimum atomic E-state index is -0.562. The van der Waals surface area contributed by atoms with E-state index >= 15 is 0 Å². The zero-order valence-electron chi connectivity index (χ0n) is 18.3. The standard InChI is InChI=1S/C24H29N3O4/c1-17(28)27-11-9-19-14-20(7-8-22(19)27)25-23(29)24(2)10-12-26(24)15-18-5-4-6-21(13-18)31-16-30-3/h4-8,13-14H,9-12,15-16H2,1-3H3,(H,25,29). The van der Waals surface area contributed by atoms with E-state index in [2.05, 4.69) is 10.2 Å². The van der Waals surface area contributed by atoms with Gasteiger partial charge in [0.15, 0.2) is 6.79 Å². The Labute approximate surface area is 182 Å². The van der Waals surface area contributed by atoms with Crippen molar-refractivity contribution in [2.45, 2.75) is 38.8 Å². The van der Waals surface area contributed by atoms with Crippen molar-refractivity contribution in [3.8, 4) is 5.75 Å². The van der Waals surface area contributed by atoms with Gasteiger partial charge in [-0.1, -0.05) is 12.1 Å². The highest BCUT2D eigenvalue weighted by Crippen LogP contribution is 2.35. The maximum Gasteiger partial charge on any atom is 0.244 e. The first kappa shape index (κ1) is 21.3. The quantitative estimate of drug-likeness (QED) is 0.693. The second kappa shape index (κ2) is 8.69. The van der Waals surface area contributed by atoms with Gasteiger partial charge in [0, 0.05) is 45.0 Å². The molecule has 2 aromatic carbocycles. The molecule has 1 fully saturated rings. The fraction of sp³-hybridized carbons (Fsp3) is 0.417. The Morgan fingerprint density at radius 2 is 2.00 bits per heavy atom. The Hall–Kier alpha value is -2.90. The van der Waals surface area contributed by atoms with Crippen LogP contribution >= 0.6 is 0 Å². The lowest BCUT2D eigenvalue weighted by Crippen LogP contribution is -2.63. The molecule has 31 heavy (non-hydrogen) atoms. The number of rotatable bonds is 7. The number of likely N-dealkylation sites (tertiary alicyclic amines) is 1. The van der Waals surface area contributed by atoms with Crippen molar-refractivity contribution in [2.75, 3.05) is 37.2 Å². The number of carbonyl (C=O) groups is 2. The third-order valence-corrected chi connectivity index (χ3v) is 6.28. The molecule has 4 rings (SSSR count). The summed E-state index contributed by atoms with van der Waals surface area (Å²) in [4.78, 5) is 28.8. The number of carbonyl (C=O) groups excluding carboxylic acids is 2. The van der Waals surface area contributed by atoms with Crippen molar-refractivity contribution in [1.82, 2.24) is 4.90 Å². The molecule has 1 saturated heterocycles. The normalized spacial score (nSPS) is 20.2. The summed E-state index contributed by atoms with van der Waals surface area (Å²) in [6, 6.07) is 13.7. The van der Waals surface area contributed by atoms with Crippen molar-refractivity contribution >= 4 is 23.2 Å². The molecule has 1 unspecified atom stereocenters. The topological polar surface area (TPSA) is 71.1 Å². The Morgan fingerprint density at radius 3 is 2.71 bits per heavy atom. The maximum atomic E-state index is 13.1. The maximum absolute atomic E-state index is 13.1. The summed E-state index contributed by atoms with van der Waals surface area (Å²) in [5, 5.41) is 3.09. The van der Waals surface area contributed by atoms with Crippen LogP contribution in [-0.4, -0.2) is 49.2 Å².